The maximum atomic E-state index is 12.2. The van der Waals surface area contributed by atoms with Crippen molar-refractivity contribution in [1.29, 1.82) is 0 Å². The molecule has 21 heavy (non-hydrogen) atoms. The lowest BCUT2D eigenvalue weighted by Gasteiger charge is -2.35. The number of amides is 1. The third kappa shape index (κ3) is 4.93. The SMILES string of the molecule is COC(CN)CC(=O)N1CCN(Cc2ccc(Cl)s2)CC1. The van der Waals surface area contributed by atoms with E-state index in [4.69, 9.17) is 22.1 Å². The van der Waals surface area contributed by atoms with E-state index in [1.807, 2.05) is 11.0 Å². The highest BCUT2D eigenvalue weighted by atomic mass is 35.5. The van der Waals surface area contributed by atoms with Crippen LogP contribution in [-0.2, 0) is 16.1 Å². The Labute approximate surface area is 134 Å². The number of carbonyl (C=O) groups is 1. The van der Waals surface area contributed by atoms with Gasteiger partial charge in [0, 0.05) is 51.3 Å². The fourth-order valence-corrected chi connectivity index (χ4v) is 3.53. The van der Waals surface area contributed by atoms with Gasteiger partial charge in [-0.15, -0.1) is 11.3 Å². The van der Waals surface area contributed by atoms with Crippen molar-refractivity contribution in [3.8, 4) is 0 Å². The molecule has 1 fully saturated rings. The normalized spacial score (nSPS) is 18.0. The Bertz CT molecular complexity index is 457. The minimum Gasteiger partial charge on any atom is -0.380 e. The van der Waals surface area contributed by atoms with Crippen molar-refractivity contribution >= 4 is 28.8 Å². The van der Waals surface area contributed by atoms with Crippen LogP contribution in [0.3, 0.4) is 0 Å². The summed E-state index contributed by atoms with van der Waals surface area (Å²) in [5.41, 5.74) is 5.56. The lowest BCUT2D eigenvalue weighted by Crippen LogP contribution is -2.49. The molecule has 1 aromatic heterocycles. The van der Waals surface area contributed by atoms with Gasteiger partial charge in [0.15, 0.2) is 0 Å². The summed E-state index contributed by atoms with van der Waals surface area (Å²) in [4.78, 5) is 17.7. The summed E-state index contributed by atoms with van der Waals surface area (Å²) in [7, 11) is 1.59. The summed E-state index contributed by atoms with van der Waals surface area (Å²) >= 11 is 7.56. The average molecular weight is 332 g/mol. The van der Waals surface area contributed by atoms with Crippen molar-refractivity contribution < 1.29 is 9.53 Å². The molecule has 1 aromatic rings. The number of piperazine rings is 1. The van der Waals surface area contributed by atoms with E-state index >= 15 is 0 Å². The summed E-state index contributed by atoms with van der Waals surface area (Å²) in [6, 6.07) is 3.99. The molecule has 2 N–H and O–H groups in total. The van der Waals surface area contributed by atoms with E-state index in [-0.39, 0.29) is 12.0 Å². The summed E-state index contributed by atoms with van der Waals surface area (Å²) in [5, 5.41) is 0. The largest absolute Gasteiger partial charge is 0.380 e. The van der Waals surface area contributed by atoms with Crippen LogP contribution in [0.25, 0.3) is 0 Å². The summed E-state index contributed by atoms with van der Waals surface area (Å²) in [5.74, 6) is 0.131. The number of hydrogen-bond acceptors (Lipinski definition) is 5. The van der Waals surface area contributed by atoms with Gasteiger partial charge in [-0.25, -0.2) is 0 Å². The molecule has 118 valence electrons. The second-order valence-electron chi connectivity index (χ2n) is 5.16. The first-order valence-corrected chi connectivity index (χ1v) is 8.29. The van der Waals surface area contributed by atoms with Crippen molar-refractivity contribution in [3.05, 3.63) is 21.3 Å². The highest BCUT2D eigenvalue weighted by Crippen LogP contribution is 2.23. The Morgan fingerprint density at radius 1 is 1.43 bits per heavy atom. The van der Waals surface area contributed by atoms with Gasteiger partial charge in [0.1, 0.15) is 0 Å². The fraction of sp³-hybridized carbons (Fsp3) is 0.643. The molecular formula is C14H22ClN3O2S. The highest BCUT2D eigenvalue weighted by molar-refractivity contribution is 7.16. The van der Waals surface area contributed by atoms with E-state index in [0.29, 0.717) is 13.0 Å². The minimum atomic E-state index is -0.177. The molecule has 1 saturated heterocycles. The number of nitrogens with zero attached hydrogens (tertiary/aromatic N) is 2. The molecule has 0 saturated carbocycles. The monoisotopic (exact) mass is 331 g/mol. The van der Waals surface area contributed by atoms with Crippen LogP contribution in [0.15, 0.2) is 12.1 Å². The zero-order valence-corrected chi connectivity index (χ0v) is 13.8. The van der Waals surface area contributed by atoms with Crippen LogP contribution in [0, 0.1) is 0 Å². The van der Waals surface area contributed by atoms with E-state index in [1.165, 1.54) is 4.88 Å². The Balaban J connectivity index is 1.76. The van der Waals surface area contributed by atoms with Gasteiger partial charge in [-0.2, -0.15) is 0 Å². The van der Waals surface area contributed by atoms with Gasteiger partial charge in [0.05, 0.1) is 16.9 Å². The number of ether oxygens (including phenoxy) is 1. The third-order valence-electron chi connectivity index (χ3n) is 3.73. The lowest BCUT2D eigenvalue weighted by atomic mass is 10.2. The van der Waals surface area contributed by atoms with Gasteiger partial charge in [0.25, 0.3) is 0 Å². The zero-order valence-electron chi connectivity index (χ0n) is 12.3. The molecule has 0 aromatic carbocycles. The second kappa shape index (κ2) is 8.10. The van der Waals surface area contributed by atoms with E-state index in [1.54, 1.807) is 18.4 Å². The van der Waals surface area contributed by atoms with Crippen molar-refractivity contribution in [2.45, 2.75) is 19.1 Å². The molecule has 1 amide bonds. The zero-order chi connectivity index (χ0) is 15.2. The molecule has 1 aliphatic heterocycles. The molecule has 1 aliphatic rings. The van der Waals surface area contributed by atoms with Crippen molar-refractivity contribution in [2.24, 2.45) is 5.73 Å². The Kier molecular flexibility index (Phi) is 6.44. The maximum absolute atomic E-state index is 12.2. The smallest absolute Gasteiger partial charge is 0.225 e. The van der Waals surface area contributed by atoms with Crippen molar-refractivity contribution in [3.63, 3.8) is 0 Å². The average Bonchev–Trinajstić information content (AvgIpc) is 2.90. The topological polar surface area (TPSA) is 58.8 Å². The molecule has 5 nitrogen and oxygen atoms in total. The van der Waals surface area contributed by atoms with Crippen molar-refractivity contribution in [2.75, 3.05) is 39.8 Å². The van der Waals surface area contributed by atoms with Gasteiger partial charge in [0.2, 0.25) is 5.91 Å². The second-order valence-corrected chi connectivity index (χ2v) is 6.96. The van der Waals surface area contributed by atoms with Gasteiger partial charge >= 0.3 is 0 Å². The molecule has 2 heterocycles. The maximum Gasteiger partial charge on any atom is 0.225 e. The number of hydrogen-bond donors (Lipinski definition) is 1. The molecule has 0 bridgehead atoms. The predicted octanol–water partition coefficient (Wildman–Crippen LogP) is 1.41. The van der Waals surface area contributed by atoms with E-state index < -0.39 is 0 Å². The highest BCUT2D eigenvalue weighted by Gasteiger charge is 2.23. The summed E-state index contributed by atoms with van der Waals surface area (Å²) < 4.78 is 5.99. The molecule has 1 unspecified atom stereocenters. The molecule has 7 heteroatoms. The number of halogens is 1. The molecule has 1 atom stereocenters. The Hall–Kier alpha value is -0.660. The third-order valence-corrected chi connectivity index (χ3v) is 4.95. The van der Waals surface area contributed by atoms with E-state index in [0.717, 1.165) is 37.1 Å². The first-order valence-electron chi connectivity index (χ1n) is 7.09. The first kappa shape index (κ1) is 16.7. The van der Waals surface area contributed by atoms with E-state index in [2.05, 4.69) is 11.0 Å². The van der Waals surface area contributed by atoms with Crippen LogP contribution in [0.2, 0.25) is 4.34 Å². The van der Waals surface area contributed by atoms with Crippen molar-refractivity contribution in [1.82, 2.24) is 9.80 Å². The minimum absolute atomic E-state index is 0.131. The first-order chi connectivity index (χ1) is 10.1. The quantitative estimate of drug-likeness (QED) is 0.856. The van der Waals surface area contributed by atoms with E-state index in [9.17, 15) is 4.79 Å². The van der Waals surface area contributed by atoms with Crippen LogP contribution in [0.1, 0.15) is 11.3 Å². The summed E-state index contributed by atoms with van der Waals surface area (Å²) in [6.07, 6.45) is 0.192. The van der Waals surface area contributed by atoms with Crippen LogP contribution < -0.4 is 5.73 Å². The number of nitrogens with two attached hydrogens (primary N) is 1. The Morgan fingerprint density at radius 3 is 2.67 bits per heavy atom. The number of methoxy groups -OCH3 is 1. The standard InChI is InChI=1S/C14H22ClN3O2S/c1-20-11(9-16)8-14(19)18-6-4-17(5-7-18)10-12-2-3-13(15)21-12/h2-3,11H,4-10,16H2,1H3. The van der Waals surface area contributed by atoms with Gasteiger partial charge in [-0.05, 0) is 12.1 Å². The van der Waals surface area contributed by atoms with Crippen LogP contribution in [0.4, 0.5) is 0 Å². The number of thiophene rings is 1. The molecule has 2 rings (SSSR count). The molecular weight excluding hydrogens is 310 g/mol. The van der Waals surface area contributed by atoms with Crippen LogP contribution >= 0.6 is 22.9 Å². The number of rotatable bonds is 6. The molecule has 0 spiro atoms. The summed E-state index contributed by atoms with van der Waals surface area (Å²) in [6.45, 7) is 4.59. The predicted molar refractivity (Wildman–Crippen MR) is 85.7 cm³/mol. The fourth-order valence-electron chi connectivity index (χ4n) is 2.40. The van der Waals surface area contributed by atoms with Gasteiger partial charge < -0.3 is 15.4 Å². The van der Waals surface area contributed by atoms with Crippen LogP contribution in [0.5, 0.6) is 0 Å². The Morgan fingerprint density at radius 2 is 2.14 bits per heavy atom. The van der Waals surface area contributed by atoms with Gasteiger partial charge in [-0.1, -0.05) is 11.6 Å². The lowest BCUT2D eigenvalue weighted by molar-refractivity contribution is -0.135. The van der Waals surface area contributed by atoms with Crippen LogP contribution in [-0.4, -0.2) is 61.6 Å². The number of carbonyl (C=O) groups excluding carboxylic acids is 1. The molecule has 0 aliphatic carbocycles. The van der Waals surface area contributed by atoms with Gasteiger partial charge in [-0.3, -0.25) is 9.69 Å². The molecule has 0 radical (unpaired) electrons.